The molecule has 104 valence electrons. The fourth-order valence-electron chi connectivity index (χ4n) is 1.68. The minimum atomic E-state index is -3.76. The van der Waals surface area contributed by atoms with Gasteiger partial charge in [-0.3, -0.25) is 4.68 Å². The van der Waals surface area contributed by atoms with Crippen LogP contribution in [0.15, 0.2) is 33.9 Å². The van der Waals surface area contributed by atoms with E-state index in [9.17, 15) is 8.42 Å². The van der Waals surface area contributed by atoms with E-state index in [1.807, 2.05) is 17.8 Å². The van der Waals surface area contributed by atoms with E-state index in [1.165, 1.54) is 6.07 Å². The molecule has 2 aromatic rings. The molecule has 0 aliphatic carbocycles. The predicted molar refractivity (Wildman–Crippen MR) is 68.7 cm³/mol. The molecule has 8 heteroatoms. The Morgan fingerprint density at radius 2 is 2.21 bits per heavy atom. The van der Waals surface area contributed by atoms with Crippen molar-refractivity contribution in [2.24, 2.45) is 12.2 Å². The summed E-state index contributed by atoms with van der Waals surface area (Å²) in [5, 5.41) is 12.0. The first-order valence-electron chi connectivity index (χ1n) is 5.76. The van der Waals surface area contributed by atoms with Crippen LogP contribution in [0.4, 0.5) is 0 Å². The number of sulfonamides is 1. The van der Waals surface area contributed by atoms with Gasteiger partial charge in [0.2, 0.25) is 5.09 Å². The SMILES string of the molecule is Cn1nccc1CCNCc1ccc(S(N)(=O)=O)o1. The van der Waals surface area contributed by atoms with Gasteiger partial charge in [0.1, 0.15) is 5.76 Å². The zero-order valence-electron chi connectivity index (χ0n) is 10.5. The molecule has 0 radical (unpaired) electrons. The molecule has 0 saturated heterocycles. The molecule has 0 atom stereocenters. The van der Waals surface area contributed by atoms with E-state index in [-0.39, 0.29) is 5.09 Å². The van der Waals surface area contributed by atoms with Crippen molar-refractivity contribution in [2.45, 2.75) is 18.1 Å². The Morgan fingerprint density at radius 1 is 1.42 bits per heavy atom. The maximum absolute atomic E-state index is 11.0. The van der Waals surface area contributed by atoms with E-state index in [2.05, 4.69) is 10.4 Å². The van der Waals surface area contributed by atoms with E-state index in [0.717, 1.165) is 18.7 Å². The first-order chi connectivity index (χ1) is 8.97. The summed E-state index contributed by atoms with van der Waals surface area (Å²) in [4.78, 5) is 0. The highest BCUT2D eigenvalue weighted by molar-refractivity contribution is 7.89. The van der Waals surface area contributed by atoms with Gasteiger partial charge in [0.05, 0.1) is 6.54 Å². The van der Waals surface area contributed by atoms with Crippen molar-refractivity contribution < 1.29 is 12.8 Å². The molecule has 2 heterocycles. The number of aryl methyl sites for hydroxylation is 1. The van der Waals surface area contributed by atoms with Gasteiger partial charge in [-0.25, -0.2) is 13.6 Å². The van der Waals surface area contributed by atoms with Gasteiger partial charge >= 0.3 is 0 Å². The average Bonchev–Trinajstić information content (AvgIpc) is 2.93. The van der Waals surface area contributed by atoms with Gasteiger partial charge in [-0.2, -0.15) is 5.10 Å². The van der Waals surface area contributed by atoms with Crippen molar-refractivity contribution in [2.75, 3.05) is 6.54 Å². The Hall–Kier alpha value is -1.64. The van der Waals surface area contributed by atoms with Crippen LogP contribution in [0.2, 0.25) is 0 Å². The number of hydrogen-bond donors (Lipinski definition) is 2. The highest BCUT2D eigenvalue weighted by atomic mass is 32.2. The lowest BCUT2D eigenvalue weighted by Gasteiger charge is -2.03. The lowest BCUT2D eigenvalue weighted by atomic mass is 10.3. The largest absolute Gasteiger partial charge is 0.447 e. The second-order valence-corrected chi connectivity index (χ2v) is 5.63. The maximum atomic E-state index is 11.0. The van der Waals surface area contributed by atoms with Crippen LogP contribution in [-0.2, 0) is 30.0 Å². The van der Waals surface area contributed by atoms with E-state index in [0.29, 0.717) is 12.3 Å². The summed E-state index contributed by atoms with van der Waals surface area (Å²) in [6.07, 6.45) is 2.58. The predicted octanol–water partition coefficient (Wildman–Crippen LogP) is -0.00720. The van der Waals surface area contributed by atoms with Crippen molar-refractivity contribution >= 4 is 10.0 Å². The summed E-state index contributed by atoms with van der Waals surface area (Å²) in [5.74, 6) is 0.536. The van der Waals surface area contributed by atoms with Crippen molar-refractivity contribution in [1.29, 1.82) is 0 Å². The molecule has 2 rings (SSSR count). The molecule has 0 aliphatic rings. The molecular weight excluding hydrogens is 268 g/mol. The zero-order valence-corrected chi connectivity index (χ0v) is 11.4. The Kier molecular flexibility index (Phi) is 4.03. The third-order valence-electron chi connectivity index (χ3n) is 2.70. The average molecular weight is 284 g/mol. The first-order valence-corrected chi connectivity index (χ1v) is 7.30. The lowest BCUT2D eigenvalue weighted by molar-refractivity contribution is 0.402. The van der Waals surface area contributed by atoms with Crippen LogP contribution >= 0.6 is 0 Å². The van der Waals surface area contributed by atoms with Crippen LogP contribution < -0.4 is 10.5 Å². The number of aromatic nitrogens is 2. The number of nitrogens with two attached hydrogens (primary N) is 1. The van der Waals surface area contributed by atoms with Gasteiger partial charge in [0.25, 0.3) is 10.0 Å². The van der Waals surface area contributed by atoms with Crippen LogP contribution in [0.1, 0.15) is 11.5 Å². The van der Waals surface area contributed by atoms with Gasteiger partial charge in [0, 0.05) is 31.9 Å². The van der Waals surface area contributed by atoms with E-state index in [4.69, 9.17) is 9.56 Å². The van der Waals surface area contributed by atoms with Gasteiger partial charge in [-0.1, -0.05) is 0 Å². The van der Waals surface area contributed by atoms with Crippen LogP contribution in [-0.4, -0.2) is 24.7 Å². The topological polar surface area (TPSA) is 103 Å². The normalized spacial score (nSPS) is 11.9. The van der Waals surface area contributed by atoms with Gasteiger partial charge in [0.15, 0.2) is 0 Å². The molecule has 0 aliphatic heterocycles. The third-order valence-corrected chi connectivity index (χ3v) is 3.48. The number of nitrogens with one attached hydrogen (secondary N) is 1. The van der Waals surface area contributed by atoms with Gasteiger partial charge < -0.3 is 9.73 Å². The summed E-state index contributed by atoms with van der Waals surface area (Å²) in [7, 11) is -1.87. The molecule has 2 aromatic heterocycles. The Bertz CT molecular complexity index is 644. The number of nitrogens with zero attached hydrogens (tertiary/aromatic N) is 2. The Balaban J connectivity index is 1.80. The van der Waals surface area contributed by atoms with Crippen molar-refractivity contribution in [3.63, 3.8) is 0 Å². The van der Waals surface area contributed by atoms with Crippen molar-refractivity contribution in [1.82, 2.24) is 15.1 Å². The lowest BCUT2D eigenvalue weighted by Crippen LogP contribution is -2.17. The molecule has 0 bridgehead atoms. The van der Waals surface area contributed by atoms with E-state index < -0.39 is 10.0 Å². The number of primary sulfonamides is 1. The third kappa shape index (κ3) is 3.66. The minimum absolute atomic E-state index is 0.212. The molecule has 19 heavy (non-hydrogen) atoms. The smallest absolute Gasteiger partial charge is 0.271 e. The Labute approximate surface area is 111 Å². The molecule has 7 nitrogen and oxygen atoms in total. The van der Waals surface area contributed by atoms with Crippen LogP contribution in [0.5, 0.6) is 0 Å². The quantitative estimate of drug-likeness (QED) is 0.726. The van der Waals surface area contributed by atoms with E-state index in [1.54, 1.807) is 12.3 Å². The zero-order chi connectivity index (χ0) is 13.9. The summed E-state index contributed by atoms with van der Waals surface area (Å²) < 4.78 is 29.0. The highest BCUT2D eigenvalue weighted by Gasteiger charge is 2.12. The number of hydrogen-bond acceptors (Lipinski definition) is 5. The Morgan fingerprint density at radius 3 is 2.79 bits per heavy atom. The molecule has 0 saturated carbocycles. The molecular formula is C11H16N4O3S. The minimum Gasteiger partial charge on any atom is -0.447 e. The molecule has 0 amide bonds. The van der Waals surface area contributed by atoms with Crippen LogP contribution in [0.3, 0.4) is 0 Å². The van der Waals surface area contributed by atoms with Gasteiger partial charge in [-0.15, -0.1) is 0 Å². The maximum Gasteiger partial charge on any atom is 0.271 e. The van der Waals surface area contributed by atoms with Crippen LogP contribution in [0, 0.1) is 0 Å². The molecule has 0 unspecified atom stereocenters. The summed E-state index contributed by atoms with van der Waals surface area (Å²) in [6, 6.07) is 4.90. The highest BCUT2D eigenvalue weighted by Crippen LogP contribution is 2.11. The molecule has 0 spiro atoms. The van der Waals surface area contributed by atoms with E-state index >= 15 is 0 Å². The molecule has 0 fully saturated rings. The summed E-state index contributed by atoms with van der Waals surface area (Å²) >= 11 is 0. The number of rotatable bonds is 6. The van der Waals surface area contributed by atoms with Crippen LogP contribution in [0.25, 0.3) is 0 Å². The van der Waals surface area contributed by atoms with Crippen molar-refractivity contribution in [3.05, 3.63) is 35.9 Å². The fourth-order valence-corrected chi connectivity index (χ4v) is 2.16. The first kappa shape index (κ1) is 13.8. The second-order valence-electron chi connectivity index (χ2n) is 4.14. The van der Waals surface area contributed by atoms with Gasteiger partial charge in [-0.05, 0) is 18.2 Å². The summed E-state index contributed by atoms with van der Waals surface area (Å²) in [6.45, 7) is 1.19. The monoisotopic (exact) mass is 284 g/mol. The fraction of sp³-hybridized carbons (Fsp3) is 0.364. The van der Waals surface area contributed by atoms with Crippen molar-refractivity contribution in [3.8, 4) is 0 Å². The molecule has 3 N–H and O–H groups in total. The molecule has 0 aromatic carbocycles. The standard InChI is InChI=1S/C11H16N4O3S/c1-15-9(5-7-14-15)4-6-13-8-10-2-3-11(18-10)19(12,16)17/h2-3,5,7,13H,4,6,8H2,1H3,(H2,12,16,17). The second kappa shape index (κ2) is 5.55. The number of furan rings is 1. The summed E-state index contributed by atoms with van der Waals surface area (Å²) in [5.41, 5.74) is 1.12.